The van der Waals surface area contributed by atoms with Gasteiger partial charge < -0.3 is 14.5 Å². The van der Waals surface area contributed by atoms with Crippen molar-refractivity contribution in [3.8, 4) is 5.75 Å². The molecule has 2 aromatic heterocycles. The number of hydrogen-bond donors (Lipinski definition) is 1. The summed E-state index contributed by atoms with van der Waals surface area (Å²) in [7, 11) is 1.58. The lowest BCUT2D eigenvalue weighted by molar-refractivity contribution is 0.0946. The van der Waals surface area contributed by atoms with E-state index in [2.05, 4.69) is 10.3 Å². The van der Waals surface area contributed by atoms with Gasteiger partial charge in [0.15, 0.2) is 0 Å². The van der Waals surface area contributed by atoms with Crippen molar-refractivity contribution in [2.75, 3.05) is 7.11 Å². The number of nitrogens with zero attached hydrogens (tertiary/aromatic N) is 2. The van der Waals surface area contributed by atoms with E-state index >= 15 is 0 Å². The number of fused-ring (bicyclic) bond motifs is 1. The number of amides is 1. The number of para-hydroxylation sites is 1. The Hall–Kier alpha value is -2.89. The fraction of sp³-hybridized carbons (Fsp3) is 0.125. The lowest BCUT2D eigenvalue weighted by atomic mass is 10.2. The Morgan fingerprint density at radius 3 is 2.91 bits per heavy atom. The number of halogens is 1. The summed E-state index contributed by atoms with van der Waals surface area (Å²) in [6, 6.07) is 10.3. The van der Waals surface area contributed by atoms with E-state index in [-0.39, 0.29) is 17.4 Å². The van der Waals surface area contributed by atoms with Gasteiger partial charge in [0.1, 0.15) is 22.9 Å². The summed E-state index contributed by atoms with van der Waals surface area (Å²) in [5.74, 6) is 0.000710. The summed E-state index contributed by atoms with van der Waals surface area (Å²) in [6.07, 6.45) is 2.77. The molecule has 0 bridgehead atoms. The van der Waals surface area contributed by atoms with Crippen LogP contribution in [0.3, 0.4) is 0 Å². The maximum absolute atomic E-state index is 13.1. The van der Waals surface area contributed by atoms with Crippen LogP contribution in [-0.2, 0) is 6.54 Å². The summed E-state index contributed by atoms with van der Waals surface area (Å²) >= 11 is 0. The van der Waals surface area contributed by atoms with Crippen LogP contribution in [0, 0.1) is 5.82 Å². The highest BCUT2D eigenvalue weighted by atomic mass is 19.1. The van der Waals surface area contributed by atoms with Crippen molar-refractivity contribution in [2.24, 2.45) is 0 Å². The van der Waals surface area contributed by atoms with Gasteiger partial charge in [0.05, 0.1) is 7.11 Å². The van der Waals surface area contributed by atoms with E-state index in [1.807, 2.05) is 24.3 Å². The van der Waals surface area contributed by atoms with Crippen molar-refractivity contribution < 1.29 is 13.9 Å². The maximum atomic E-state index is 13.1. The average molecular weight is 299 g/mol. The Morgan fingerprint density at radius 1 is 1.27 bits per heavy atom. The van der Waals surface area contributed by atoms with Gasteiger partial charge >= 0.3 is 0 Å². The van der Waals surface area contributed by atoms with Gasteiger partial charge in [0.25, 0.3) is 5.91 Å². The SMILES string of the molecule is COc1ccccc1CNC(=O)c1cn2cc(F)ccc2n1. The third-order valence-electron chi connectivity index (χ3n) is 3.28. The van der Waals surface area contributed by atoms with Gasteiger partial charge in [-0.3, -0.25) is 4.79 Å². The molecule has 3 aromatic rings. The molecule has 5 nitrogen and oxygen atoms in total. The minimum Gasteiger partial charge on any atom is -0.496 e. The number of hydrogen-bond acceptors (Lipinski definition) is 3. The average Bonchev–Trinajstić information content (AvgIpc) is 2.96. The zero-order valence-corrected chi connectivity index (χ0v) is 11.9. The highest BCUT2D eigenvalue weighted by molar-refractivity contribution is 5.92. The third kappa shape index (κ3) is 2.76. The van der Waals surface area contributed by atoms with Gasteiger partial charge in [-0.2, -0.15) is 0 Å². The molecule has 1 amide bonds. The zero-order valence-electron chi connectivity index (χ0n) is 11.9. The van der Waals surface area contributed by atoms with Crippen molar-refractivity contribution >= 4 is 11.6 Å². The van der Waals surface area contributed by atoms with E-state index in [1.54, 1.807) is 7.11 Å². The summed E-state index contributed by atoms with van der Waals surface area (Å²) in [5.41, 5.74) is 1.62. The molecule has 0 aliphatic rings. The largest absolute Gasteiger partial charge is 0.496 e. The first-order valence-corrected chi connectivity index (χ1v) is 6.72. The lowest BCUT2D eigenvalue weighted by Gasteiger charge is -2.08. The van der Waals surface area contributed by atoms with Gasteiger partial charge in [0, 0.05) is 24.5 Å². The van der Waals surface area contributed by atoms with Crippen LogP contribution in [0.2, 0.25) is 0 Å². The van der Waals surface area contributed by atoms with E-state index in [0.717, 1.165) is 5.56 Å². The van der Waals surface area contributed by atoms with Crippen molar-refractivity contribution in [1.29, 1.82) is 0 Å². The third-order valence-corrected chi connectivity index (χ3v) is 3.28. The van der Waals surface area contributed by atoms with Crippen molar-refractivity contribution in [1.82, 2.24) is 14.7 Å². The Kier molecular flexibility index (Phi) is 3.74. The van der Waals surface area contributed by atoms with Crippen molar-refractivity contribution in [3.63, 3.8) is 0 Å². The molecular formula is C16H14FN3O2. The summed E-state index contributed by atoms with van der Waals surface area (Å²) in [4.78, 5) is 16.3. The molecule has 0 aliphatic carbocycles. The van der Waals surface area contributed by atoms with Crippen LogP contribution in [0.5, 0.6) is 5.75 Å². The summed E-state index contributed by atoms with van der Waals surface area (Å²) in [6.45, 7) is 0.324. The maximum Gasteiger partial charge on any atom is 0.271 e. The number of ether oxygens (including phenoxy) is 1. The van der Waals surface area contributed by atoms with E-state index in [4.69, 9.17) is 4.74 Å². The van der Waals surface area contributed by atoms with Gasteiger partial charge in [-0.25, -0.2) is 9.37 Å². The number of pyridine rings is 1. The highest BCUT2D eigenvalue weighted by Gasteiger charge is 2.11. The van der Waals surface area contributed by atoms with Crippen LogP contribution >= 0.6 is 0 Å². The molecular weight excluding hydrogens is 285 g/mol. The number of methoxy groups -OCH3 is 1. The number of carbonyl (C=O) groups excluding carboxylic acids is 1. The second kappa shape index (κ2) is 5.85. The minimum atomic E-state index is -0.383. The Labute approximate surface area is 126 Å². The first-order valence-electron chi connectivity index (χ1n) is 6.72. The lowest BCUT2D eigenvalue weighted by Crippen LogP contribution is -2.23. The number of rotatable bonds is 4. The molecule has 6 heteroatoms. The molecule has 0 radical (unpaired) electrons. The van der Waals surface area contributed by atoms with Crippen LogP contribution in [0.1, 0.15) is 16.1 Å². The molecule has 112 valence electrons. The van der Waals surface area contributed by atoms with E-state index in [9.17, 15) is 9.18 Å². The molecule has 0 spiro atoms. The van der Waals surface area contributed by atoms with Crippen molar-refractivity contribution in [3.05, 3.63) is 65.9 Å². The smallest absolute Gasteiger partial charge is 0.271 e. The minimum absolute atomic E-state index is 0.237. The number of benzene rings is 1. The van der Waals surface area contributed by atoms with Crippen LogP contribution in [0.15, 0.2) is 48.8 Å². The zero-order chi connectivity index (χ0) is 15.5. The van der Waals surface area contributed by atoms with Crippen molar-refractivity contribution in [2.45, 2.75) is 6.54 Å². The molecule has 0 atom stereocenters. The van der Waals surface area contributed by atoms with Crippen LogP contribution in [0.4, 0.5) is 4.39 Å². The predicted octanol–water partition coefficient (Wildman–Crippen LogP) is 2.41. The summed E-state index contributed by atoms with van der Waals surface area (Å²) in [5, 5.41) is 2.78. The van der Waals surface area contributed by atoms with Crippen LogP contribution in [0.25, 0.3) is 5.65 Å². The Balaban J connectivity index is 1.76. The van der Waals surface area contributed by atoms with Crippen LogP contribution < -0.4 is 10.1 Å². The Morgan fingerprint density at radius 2 is 2.09 bits per heavy atom. The number of aromatic nitrogens is 2. The molecule has 0 fully saturated rings. The molecule has 22 heavy (non-hydrogen) atoms. The topological polar surface area (TPSA) is 55.6 Å². The second-order valence-corrected chi connectivity index (χ2v) is 4.73. The standard InChI is InChI=1S/C16H14FN3O2/c1-22-14-5-3-2-4-11(14)8-18-16(21)13-10-20-9-12(17)6-7-15(20)19-13/h2-7,9-10H,8H2,1H3,(H,18,21). The van der Waals surface area contributed by atoms with E-state index < -0.39 is 0 Å². The molecule has 0 saturated heterocycles. The molecule has 3 rings (SSSR count). The first-order chi connectivity index (χ1) is 10.7. The number of imidazole rings is 1. The van der Waals surface area contributed by atoms with E-state index in [0.29, 0.717) is 17.9 Å². The first kappa shape index (κ1) is 14.1. The monoisotopic (exact) mass is 299 g/mol. The highest BCUT2D eigenvalue weighted by Crippen LogP contribution is 2.17. The number of nitrogens with one attached hydrogen (secondary N) is 1. The normalized spacial score (nSPS) is 10.6. The number of carbonyl (C=O) groups is 1. The van der Waals surface area contributed by atoms with E-state index in [1.165, 1.54) is 28.9 Å². The molecule has 1 N–H and O–H groups in total. The van der Waals surface area contributed by atoms with Gasteiger partial charge in [0.2, 0.25) is 0 Å². The molecule has 2 heterocycles. The summed E-state index contributed by atoms with van der Waals surface area (Å²) < 4.78 is 19.8. The molecule has 0 unspecified atom stereocenters. The fourth-order valence-corrected chi connectivity index (χ4v) is 2.19. The predicted molar refractivity (Wildman–Crippen MR) is 79.3 cm³/mol. The van der Waals surface area contributed by atoms with Gasteiger partial charge in [-0.1, -0.05) is 18.2 Å². The second-order valence-electron chi connectivity index (χ2n) is 4.73. The van der Waals surface area contributed by atoms with Gasteiger partial charge in [-0.15, -0.1) is 0 Å². The van der Waals surface area contributed by atoms with Gasteiger partial charge in [-0.05, 0) is 18.2 Å². The molecule has 0 saturated carbocycles. The molecule has 1 aromatic carbocycles. The Bertz CT molecular complexity index is 829. The van der Waals surface area contributed by atoms with Crippen LogP contribution in [-0.4, -0.2) is 22.4 Å². The molecule has 0 aliphatic heterocycles. The fourth-order valence-electron chi connectivity index (χ4n) is 2.19. The quantitative estimate of drug-likeness (QED) is 0.805.